The van der Waals surface area contributed by atoms with E-state index in [2.05, 4.69) is 0 Å². The average Bonchev–Trinajstić information content (AvgIpc) is 2.94. The van der Waals surface area contributed by atoms with Crippen LogP contribution in [0.15, 0.2) is 24.5 Å². The molecule has 0 aliphatic carbocycles. The molecule has 2 heterocycles. The summed E-state index contributed by atoms with van der Waals surface area (Å²) in [6, 6.07) is 0.534. The summed E-state index contributed by atoms with van der Waals surface area (Å²) in [5.74, 6) is -4.88. The number of aliphatic carboxylic acids is 2. The number of nitrogens with two attached hydrogens (primary N) is 1. The molecule has 28 heavy (non-hydrogen) atoms. The average molecular weight is 400 g/mol. The highest BCUT2D eigenvalue weighted by molar-refractivity contribution is 5.86. The maximum Gasteiger partial charge on any atom is 0.379 e. The zero-order valence-electron chi connectivity index (χ0n) is 14.4. The molecule has 0 radical (unpaired) electrons. The third-order valence-corrected chi connectivity index (χ3v) is 4.73. The first-order valence-corrected chi connectivity index (χ1v) is 8.13. The topological polar surface area (TPSA) is 215 Å². The third kappa shape index (κ3) is 3.68. The number of carbonyl (C=O) groups excluding carboxylic acids is 1. The van der Waals surface area contributed by atoms with E-state index >= 15 is 0 Å². The molecular weight excluding hydrogens is 380 g/mol. The summed E-state index contributed by atoms with van der Waals surface area (Å²) in [4.78, 5) is 34.8. The van der Waals surface area contributed by atoms with Crippen molar-refractivity contribution in [1.82, 2.24) is 0 Å². The molecule has 0 saturated carbocycles. The molecule has 1 saturated heterocycles. The zero-order valence-corrected chi connectivity index (χ0v) is 14.4. The van der Waals surface area contributed by atoms with Gasteiger partial charge in [0.2, 0.25) is 0 Å². The monoisotopic (exact) mass is 400 g/mol. The van der Waals surface area contributed by atoms with E-state index in [0.29, 0.717) is 0 Å². The molecule has 6 atom stereocenters. The molecule has 1 fully saturated rings. The molecule has 2 unspecified atom stereocenters. The molecular formula is C16H20N2O10. The fourth-order valence-corrected chi connectivity index (χ4v) is 3.25. The highest BCUT2D eigenvalue weighted by Gasteiger charge is 2.64. The van der Waals surface area contributed by atoms with Gasteiger partial charge in [-0.15, -0.1) is 0 Å². The number of hydrogen-bond acceptors (Lipinski definition) is 9. The molecule has 0 bridgehead atoms. The van der Waals surface area contributed by atoms with Crippen LogP contribution >= 0.6 is 0 Å². The number of aromatic nitrogens is 1. The van der Waals surface area contributed by atoms with Crippen molar-refractivity contribution in [2.75, 3.05) is 6.61 Å². The van der Waals surface area contributed by atoms with E-state index in [-0.39, 0.29) is 5.56 Å². The number of pyridine rings is 1. The molecule has 0 amide bonds. The number of carboxylic acids is 3. The largest absolute Gasteiger partial charge is 0.548 e. The standard InChI is InChI=1S/C16H20N2O10/c17-8(14(24)25)4-16(15(26)27,12-11(21)10(20)9(6-19)28-12)18-3-1-2-7(5-18)13(22)23/h1-3,5,8-12,19-21H,4,6,17H2,(H2-,22,23,24,25,26,27)/t8?,9-,10-,11-,12+,16?/m1/s1. The van der Waals surface area contributed by atoms with Gasteiger partial charge >= 0.3 is 11.9 Å². The van der Waals surface area contributed by atoms with Gasteiger partial charge in [-0.1, -0.05) is 0 Å². The highest BCUT2D eigenvalue weighted by Crippen LogP contribution is 2.34. The Morgan fingerprint density at radius 1 is 1.29 bits per heavy atom. The summed E-state index contributed by atoms with van der Waals surface area (Å²) in [5, 5.41) is 60.0. The van der Waals surface area contributed by atoms with Crippen LogP contribution in [0.5, 0.6) is 0 Å². The van der Waals surface area contributed by atoms with Crippen molar-refractivity contribution in [1.29, 1.82) is 0 Å². The number of aromatic carboxylic acids is 1. The van der Waals surface area contributed by atoms with Gasteiger partial charge in [0.05, 0.1) is 18.6 Å². The van der Waals surface area contributed by atoms with E-state index in [9.17, 15) is 45.0 Å². The number of ether oxygens (including phenoxy) is 1. The lowest BCUT2D eigenvalue weighted by Gasteiger charge is -2.33. The zero-order chi connectivity index (χ0) is 21.2. The Balaban J connectivity index is 2.69. The second-order valence-electron chi connectivity index (χ2n) is 6.42. The van der Waals surface area contributed by atoms with Crippen molar-refractivity contribution in [2.45, 2.75) is 42.4 Å². The summed E-state index contributed by atoms with van der Waals surface area (Å²) in [7, 11) is 0. The Morgan fingerprint density at radius 2 is 1.93 bits per heavy atom. The molecule has 2 rings (SSSR count). The lowest BCUT2D eigenvalue weighted by molar-refractivity contribution is -0.761. The number of carboxylic acid groups (broad SMARTS) is 3. The van der Waals surface area contributed by atoms with E-state index in [4.69, 9.17) is 10.5 Å². The molecule has 0 aromatic carbocycles. The minimum Gasteiger partial charge on any atom is -0.548 e. The van der Waals surface area contributed by atoms with Gasteiger partial charge in [0.1, 0.15) is 23.9 Å². The predicted octanol–water partition coefficient (Wildman–Crippen LogP) is -4.60. The first kappa shape index (κ1) is 21.7. The summed E-state index contributed by atoms with van der Waals surface area (Å²) in [5.41, 5.74) is 2.72. The van der Waals surface area contributed by atoms with Crippen molar-refractivity contribution in [3.63, 3.8) is 0 Å². The number of aliphatic hydroxyl groups excluding tert-OH is 3. The minimum atomic E-state index is -2.44. The molecule has 1 aliphatic rings. The molecule has 154 valence electrons. The Kier molecular flexibility index (Phi) is 6.31. The summed E-state index contributed by atoms with van der Waals surface area (Å²) < 4.78 is 6.18. The number of nitrogens with zero attached hydrogens (tertiary/aromatic N) is 1. The normalized spacial score (nSPS) is 27.7. The van der Waals surface area contributed by atoms with Crippen molar-refractivity contribution in [3.8, 4) is 0 Å². The van der Waals surface area contributed by atoms with Crippen molar-refractivity contribution < 1.29 is 54.3 Å². The van der Waals surface area contributed by atoms with Crippen LogP contribution in [0.1, 0.15) is 16.8 Å². The van der Waals surface area contributed by atoms with Crippen LogP contribution in [-0.2, 0) is 19.9 Å². The maximum atomic E-state index is 12.3. The smallest absolute Gasteiger partial charge is 0.379 e. The second kappa shape index (κ2) is 8.16. The van der Waals surface area contributed by atoms with E-state index < -0.39 is 66.9 Å². The summed E-state index contributed by atoms with van der Waals surface area (Å²) in [6.45, 7) is -0.753. The number of carbonyl (C=O) groups is 3. The first-order valence-electron chi connectivity index (χ1n) is 8.13. The van der Waals surface area contributed by atoms with Gasteiger partial charge in [-0.05, 0) is 6.07 Å². The maximum absolute atomic E-state index is 12.3. The fourth-order valence-electron chi connectivity index (χ4n) is 3.25. The van der Waals surface area contributed by atoms with Gasteiger partial charge in [-0.25, -0.2) is 9.59 Å². The summed E-state index contributed by atoms with van der Waals surface area (Å²) >= 11 is 0. The molecule has 12 nitrogen and oxygen atoms in total. The minimum absolute atomic E-state index is 0.332. The van der Waals surface area contributed by atoms with Crippen LogP contribution in [0.3, 0.4) is 0 Å². The fraction of sp³-hybridized carbons (Fsp3) is 0.500. The first-order chi connectivity index (χ1) is 13.1. The van der Waals surface area contributed by atoms with Gasteiger partial charge in [0.25, 0.3) is 5.54 Å². The SMILES string of the molecule is NC(CC(C(=O)O)([C@H]1O[C@H](CO)[C@@H](O)[C@H]1O)[n+]1cccc(C(=O)O)c1)C(=O)[O-]. The Morgan fingerprint density at radius 3 is 2.39 bits per heavy atom. The number of rotatable bonds is 8. The molecule has 7 N–H and O–H groups in total. The molecule has 1 aromatic rings. The third-order valence-electron chi connectivity index (χ3n) is 4.73. The van der Waals surface area contributed by atoms with Crippen LogP contribution in [0.4, 0.5) is 0 Å². The van der Waals surface area contributed by atoms with Gasteiger partial charge in [0.15, 0.2) is 18.5 Å². The second-order valence-corrected chi connectivity index (χ2v) is 6.42. The van der Waals surface area contributed by atoms with E-state index in [1.54, 1.807) is 0 Å². The van der Waals surface area contributed by atoms with E-state index in [1.165, 1.54) is 12.1 Å². The van der Waals surface area contributed by atoms with Gasteiger partial charge in [-0.3, -0.25) is 0 Å². The highest BCUT2D eigenvalue weighted by atomic mass is 16.6. The van der Waals surface area contributed by atoms with Gasteiger partial charge in [-0.2, -0.15) is 4.57 Å². The van der Waals surface area contributed by atoms with Gasteiger partial charge < -0.3 is 45.9 Å². The Labute approximate surface area is 158 Å². The molecule has 1 aromatic heterocycles. The quantitative estimate of drug-likeness (QED) is 0.228. The summed E-state index contributed by atoms with van der Waals surface area (Å²) in [6.07, 6.45) is -5.45. The molecule has 0 spiro atoms. The Hall–Kier alpha value is -2.64. The molecule has 1 aliphatic heterocycles. The van der Waals surface area contributed by atoms with E-state index in [0.717, 1.165) is 17.0 Å². The molecule has 12 heteroatoms. The number of aliphatic hydroxyl groups is 3. The lowest BCUT2D eigenvalue weighted by Crippen LogP contribution is -2.72. The predicted molar refractivity (Wildman–Crippen MR) is 84.6 cm³/mol. The van der Waals surface area contributed by atoms with Crippen LogP contribution < -0.4 is 15.4 Å². The van der Waals surface area contributed by atoms with Crippen molar-refractivity contribution in [2.24, 2.45) is 5.73 Å². The van der Waals surface area contributed by atoms with Crippen LogP contribution in [0.25, 0.3) is 0 Å². The van der Waals surface area contributed by atoms with Crippen LogP contribution in [0, 0.1) is 0 Å². The lowest BCUT2D eigenvalue weighted by atomic mass is 9.81. The number of hydrogen-bond donors (Lipinski definition) is 6. The van der Waals surface area contributed by atoms with Crippen molar-refractivity contribution in [3.05, 3.63) is 30.1 Å². The van der Waals surface area contributed by atoms with Crippen molar-refractivity contribution >= 4 is 17.9 Å². The Bertz CT molecular complexity index is 772. The van der Waals surface area contributed by atoms with Crippen LogP contribution in [0.2, 0.25) is 0 Å². The van der Waals surface area contributed by atoms with Crippen LogP contribution in [-0.4, -0.2) is 80.5 Å². The van der Waals surface area contributed by atoms with E-state index in [1.807, 2.05) is 0 Å². The van der Waals surface area contributed by atoms with Gasteiger partial charge in [0, 0.05) is 12.5 Å².